The van der Waals surface area contributed by atoms with Crippen LogP contribution in [0.15, 0.2) is 47.0 Å². The third-order valence-corrected chi connectivity index (χ3v) is 5.10. The molecule has 1 amide bonds. The molecule has 1 aliphatic heterocycles. The molecule has 2 aromatic carbocycles. The van der Waals surface area contributed by atoms with E-state index in [1.807, 2.05) is 26.1 Å². The Morgan fingerprint density at radius 2 is 2.10 bits per heavy atom. The fourth-order valence-electron chi connectivity index (χ4n) is 3.31. The quantitative estimate of drug-likeness (QED) is 0.658. The third-order valence-electron chi connectivity index (χ3n) is 5.10. The molecule has 0 spiro atoms. The number of carbonyl (C=O) groups is 1. The van der Waals surface area contributed by atoms with Crippen molar-refractivity contribution in [2.24, 2.45) is 0 Å². The van der Waals surface area contributed by atoms with Crippen molar-refractivity contribution < 1.29 is 13.7 Å². The number of carbonyl (C=O) groups excluding carboxylic acids is 1. The predicted molar refractivity (Wildman–Crippen MR) is 114 cm³/mol. The maximum absolute atomic E-state index is 13.9. The van der Waals surface area contributed by atoms with Crippen LogP contribution in [-0.4, -0.2) is 47.6 Å². The summed E-state index contributed by atoms with van der Waals surface area (Å²) in [5, 5.41) is 10.2. The highest BCUT2D eigenvalue weighted by atomic mass is 35.5. The normalized spacial score (nSPS) is 16.7. The van der Waals surface area contributed by atoms with Gasteiger partial charge >= 0.3 is 0 Å². The first-order valence-corrected chi connectivity index (χ1v) is 9.44. The van der Waals surface area contributed by atoms with Crippen LogP contribution in [0.4, 0.5) is 10.1 Å². The number of aryl methyl sites for hydroxylation is 1. The monoisotopic (exact) mass is 431 g/mol. The number of hydrogen-bond donors (Lipinski definition) is 2. The van der Waals surface area contributed by atoms with Gasteiger partial charge in [0.1, 0.15) is 5.82 Å². The molecule has 0 bridgehead atoms. The second-order valence-corrected chi connectivity index (χ2v) is 7.12. The van der Waals surface area contributed by atoms with Gasteiger partial charge in [-0.05, 0) is 43.8 Å². The van der Waals surface area contributed by atoms with E-state index in [-0.39, 0.29) is 24.0 Å². The van der Waals surface area contributed by atoms with Gasteiger partial charge in [-0.25, -0.2) is 4.39 Å². The number of aromatic nitrogens is 2. The lowest BCUT2D eigenvalue weighted by Gasteiger charge is -2.30. The molecule has 4 rings (SSSR count). The fraction of sp³-hybridized carbons (Fsp3) is 0.286. The molecule has 0 saturated carbocycles. The Morgan fingerprint density at radius 1 is 1.30 bits per heavy atom. The number of piperazine rings is 1. The van der Waals surface area contributed by atoms with E-state index in [1.165, 1.54) is 12.1 Å². The van der Waals surface area contributed by atoms with E-state index in [0.29, 0.717) is 23.0 Å². The Hall–Kier alpha value is -2.81. The number of benzene rings is 2. The summed E-state index contributed by atoms with van der Waals surface area (Å²) in [5.74, 6) is -0.0809. The number of nitrogens with zero attached hydrogens (tertiary/aromatic N) is 3. The van der Waals surface area contributed by atoms with E-state index < -0.39 is 11.7 Å². The number of amides is 1. The van der Waals surface area contributed by atoms with Crippen molar-refractivity contribution in [3.8, 4) is 11.5 Å². The number of nitrogens with one attached hydrogen (secondary N) is 2. The van der Waals surface area contributed by atoms with E-state index >= 15 is 0 Å². The van der Waals surface area contributed by atoms with E-state index in [1.54, 1.807) is 18.2 Å². The Morgan fingerprint density at radius 3 is 2.87 bits per heavy atom. The molecule has 1 fully saturated rings. The lowest BCUT2D eigenvalue weighted by molar-refractivity contribution is 0.102. The molecule has 158 valence electrons. The molecule has 1 unspecified atom stereocenters. The van der Waals surface area contributed by atoms with Gasteiger partial charge in [0.2, 0.25) is 0 Å². The van der Waals surface area contributed by atoms with Crippen molar-refractivity contribution in [3.63, 3.8) is 0 Å². The number of hydrogen-bond acceptors (Lipinski definition) is 6. The number of likely N-dealkylation sites (N-methyl/N-ethyl adjacent to an activating group) is 1. The van der Waals surface area contributed by atoms with Gasteiger partial charge in [0.05, 0.1) is 11.6 Å². The topological polar surface area (TPSA) is 83.3 Å². The molecule has 3 aromatic rings. The maximum atomic E-state index is 13.9. The average molecular weight is 432 g/mol. The molecule has 7 nitrogen and oxygen atoms in total. The summed E-state index contributed by atoms with van der Waals surface area (Å²) < 4.78 is 19.4. The van der Waals surface area contributed by atoms with Gasteiger partial charge in [-0.1, -0.05) is 23.4 Å². The molecule has 2 heterocycles. The minimum absolute atomic E-state index is 0. The smallest absolute Gasteiger partial charge is 0.258 e. The predicted octanol–water partition coefficient (Wildman–Crippen LogP) is 3.43. The molecule has 0 aliphatic carbocycles. The molecule has 0 radical (unpaired) electrons. The van der Waals surface area contributed by atoms with Gasteiger partial charge in [0.15, 0.2) is 5.82 Å². The van der Waals surface area contributed by atoms with E-state index in [4.69, 9.17) is 4.52 Å². The van der Waals surface area contributed by atoms with Crippen molar-refractivity contribution in [2.75, 3.05) is 32.0 Å². The highest BCUT2D eigenvalue weighted by Gasteiger charge is 2.25. The first-order chi connectivity index (χ1) is 14.0. The molecule has 30 heavy (non-hydrogen) atoms. The maximum Gasteiger partial charge on any atom is 0.258 e. The van der Waals surface area contributed by atoms with Gasteiger partial charge in [0.25, 0.3) is 11.8 Å². The zero-order valence-electron chi connectivity index (χ0n) is 16.7. The van der Waals surface area contributed by atoms with Gasteiger partial charge < -0.3 is 15.2 Å². The van der Waals surface area contributed by atoms with Crippen LogP contribution >= 0.6 is 12.4 Å². The first kappa shape index (κ1) is 21.9. The highest BCUT2D eigenvalue weighted by molar-refractivity contribution is 6.05. The summed E-state index contributed by atoms with van der Waals surface area (Å²) in [4.78, 5) is 19.2. The summed E-state index contributed by atoms with van der Waals surface area (Å²) in [5.41, 5.74) is 2.08. The fourth-order valence-corrected chi connectivity index (χ4v) is 3.31. The van der Waals surface area contributed by atoms with E-state index in [2.05, 4.69) is 25.7 Å². The van der Waals surface area contributed by atoms with Crippen molar-refractivity contribution in [1.82, 2.24) is 20.4 Å². The highest BCUT2D eigenvalue weighted by Crippen LogP contribution is 2.27. The van der Waals surface area contributed by atoms with Crippen molar-refractivity contribution in [1.29, 1.82) is 0 Å². The summed E-state index contributed by atoms with van der Waals surface area (Å²) >= 11 is 0. The van der Waals surface area contributed by atoms with Gasteiger partial charge in [-0.2, -0.15) is 4.98 Å². The summed E-state index contributed by atoms with van der Waals surface area (Å²) in [6.07, 6.45) is 0. The molecule has 1 aromatic heterocycles. The van der Waals surface area contributed by atoms with Crippen LogP contribution in [0.1, 0.15) is 27.8 Å². The molecule has 1 saturated heterocycles. The molecule has 9 heteroatoms. The van der Waals surface area contributed by atoms with E-state index in [0.717, 1.165) is 25.2 Å². The van der Waals surface area contributed by atoms with Crippen LogP contribution in [0.3, 0.4) is 0 Å². The SMILES string of the molecule is Cc1ccc(-c2nc(C3CNCCN3C)no2)cc1NC(=O)c1ccccc1F.Cl. The lowest BCUT2D eigenvalue weighted by Crippen LogP contribution is -2.44. The first-order valence-electron chi connectivity index (χ1n) is 9.44. The Bertz CT molecular complexity index is 1040. The van der Waals surface area contributed by atoms with Gasteiger partial charge in [0, 0.05) is 30.9 Å². The van der Waals surface area contributed by atoms with E-state index in [9.17, 15) is 9.18 Å². The Labute approximate surface area is 180 Å². The Balaban J connectivity index is 0.00000256. The van der Waals surface area contributed by atoms with Crippen LogP contribution in [0.2, 0.25) is 0 Å². The molecule has 1 aliphatic rings. The zero-order valence-corrected chi connectivity index (χ0v) is 17.5. The van der Waals surface area contributed by atoms with Gasteiger partial charge in [-0.3, -0.25) is 9.69 Å². The molecule has 2 N–H and O–H groups in total. The molecular formula is C21H23ClFN5O2. The van der Waals surface area contributed by atoms with Crippen LogP contribution in [0, 0.1) is 12.7 Å². The van der Waals surface area contributed by atoms with Crippen LogP contribution in [-0.2, 0) is 0 Å². The summed E-state index contributed by atoms with van der Waals surface area (Å²) in [6.45, 7) is 4.46. The lowest BCUT2D eigenvalue weighted by atomic mass is 10.1. The average Bonchev–Trinajstić information content (AvgIpc) is 3.20. The molecular weight excluding hydrogens is 409 g/mol. The zero-order chi connectivity index (χ0) is 20.4. The van der Waals surface area contributed by atoms with Crippen molar-refractivity contribution >= 4 is 24.0 Å². The Kier molecular flexibility index (Phi) is 6.81. The minimum atomic E-state index is -0.564. The summed E-state index contributed by atoms with van der Waals surface area (Å²) in [6, 6.07) is 11.4. The standard InChI is InChI=1S/C21H22FN5O2.ClH/c1-13-7-8-14(11-17(13)24-20(28)15-5-3-4-6-16(15)22)21-25-19(26-29-21)18-12-23-9-10-27(18)2;/h3-8,11,18,23H,9-10,12H2,1-2H3,(H,24,28);1H. The second kappa shape index (κ2) is 9.34. The number of anilines is 1. The minimum Gasteiger partial charge on any atom is -0.334 e. The van der Waals surface area contributed by atoms with Crippen LogP contribution in [0.25, 0.3) is 11.5 Å². The van der Waals surface area contributed by atoms with Gasteiger partial charge in [-0.15, -0.1) is 12.4 Å². The second-order valence-electron chi connectivity index (χ2n) is 7.12. The van der Waals surface area contributed by atoms with Crippen molar-refractivity contribution in [3.05, 3.63) is 65.2 Å². The number of rotatable bonds is 4. The van der Waals surface area contributed by atoms with Crippen LogP contribution in [0.5, 0.6) is 0 Å². The van der Waals surface area contributed by atoms with Crippen LogP contribution < -0.4 is 10.6 Å². The number of halogens is 2. The van der Waals surface area contributed by atoms with Crippen molar-refractivity contribution in [2.45, 2.75) is 13.0 Å². The molecule has 1 atom stereocenters. The summed E-state index contributed by atoms with van der Waals surface area (Å²) in [7, 11) is 2.03. The third kappa shape index (κ3) is 4.51. The largest absolute Gasteiger partial charge is 0.334 e.